The highest BCUT2D eigenvalue weighted by Gasteiger charge is 2.08. The van der Waals surface area contributed by atoms with Gasteiger partial charge in [-0.15, -0.1) is 0 Å². The third kappa shape index (κ3) is 3.71. The van der Waals surface area contributed by atoms with E-state index in [2.05, 4.69) is 10.2 Å². The number of nitrogens with one attached hydrogen (secondary N) is 1. The highest BCUT2D eigenvalue weighted by Crippen LogP contribution is 2.25. The Morgan fingerprint density at radius 2 is 1.85 bits per heavy atom. The van der Waals surface area contributed by atoms with Crippen molar-refractivity contribution in [2.45, 2.75) is 13.1 Å². The molecule has 2 aromatic carbocycles. The molecule has 0 radical (unpaired) electrons. The number of hydrogen-bond donors (Lipinski definition) is 1. The van der Waals surface area contributed by atoms with E-state index >= 15 is 0 Å². The standard InChI is InChI=1S/C16H18ClFN2/c1-19-10-13-5-6-14(17)9-16(13)20(2)11-12-3-7-15(18)8-4-12/h3-9,19H,10-11H2,1-2H3. The number of halogens is 2. The van der Waals surface area contributed by atoms with Gasteiger partial charge in [-0.3, -0.25) is 0 Å². The number of anilines is 1. The lowest BCUT2D eigenvalue weighted by atomic mass is 10.1. The molecule has 0 atom stereocenters. The molecule has 1 N–H and O–H groups in total. The van der Waals surface area contributed by atoms with Crippen LogP contribution in [0.5, 0.6) is 0 Å². The lowest BCUT2D eigenvalue weighted by molar-refractivity contribution is 0.627. The van der Waals surface area contributed by atoms with Crippen LogP contribution in [0.15, 0.2) is 42.5 Å². The molecule has 0 aromatic heterocycles. The van der Waals surface area contributed by atoms with Crippen molar-refractivity contribution in [1.29, 1.82) is 0 Å². The first-order chi connectivity index (χ1) is 9.60. The van der Waals surface area contributed by atoms with Crippen LogP contribution >= 0.6 is 11.6 Å². The zero-order valence-corrected chi connectivity index (χ0v) is 12.4. The maximum atomic E-state index is 12.9. The summed E-state index contributed by atoms with van der Waals surface area (Å²) >= 11 is 6.09. The van der Waals surface area contributed by atoms with E-state index in [1.165, 1.54) is 17.7 Å². The zero-order chi connectivity index (χ0) is 14.5. The van der Waals surface area contributed by atoms with Crippen molar-refractivity contribution in [2.75, 3.05) is 19.0 Å². The fraction of sp³-hybridized carbons (Fsp3) is 0.250. The average Bonchev–Trinajstić information content (AvgIpc) is 2.43. The molecule has 0 bridgehead atoms. The molecule has 0 unspecified atom stereocenters. The second kappa shape index (κ2) is 6.73. The fourth-order valence-corrected chi connectivity index (χ4v) is 2.35. The quantitative estimate of drug-likeness (QED) is 0.901. The Morgan fingerprint density at radius 3 is 2.50 bits per heavy atom. The third-order valence-electron chi connectivity index (χ3n) is 3.16. The smallest absolute Gasteiger partial charge is 0.123 e. The fourth-order valence-electron chi connectivity index (χ4n) is 2.18. The normalized spacial score (nSPS) is 10.6. The minimum Gasteiger partial charge on any atom is -0.370 e. The largest absolute Gasteiger partial charge is 0.370 e. The van der Waals surface area contributed by atoms with Crippen molar-refractivity contribution in [3.05, 3.63) is 64.4 Å². The Morgan fingerprint density at radius 1 is 1.15 bits per heavy atom. The minimum absolute atomic E-state index is 0.213. The van der Waals surface area contributed by atoms with E-state index in [0.717, 1.165) is 17.8 Å². The molecule has 20 heavy (non-hydrogen) atoms. The monoisotopic (exact) mass is 292 g/mol. The highest BCUT2D eigenvalue weighted by atomic mass is 35.5. The molecule has 0 amide bonds. The molecular weight excluding hydrogens is 275 g/mol. The first-order valence-electron chi connectivity index (χ1n) is 6.49. The molecule has 0 aliphatic rings. The van der Waals surface area contributed by atoms with Crippen molar-refractivity contribution in [3.63, 3.8) is 0 Å². The summed E-state index contributed by atoms with van der Waals surface area (Å²) in [6.07, 6.45) is 0. The predicted molar refractivity (Wildman–Crippen MR) is 82.7 cm³/mol. The van der Waals surface area contributed by atoms with E-state index in [9.17, 15) is 4.39 Å². The molecule has 0 aliphatic heterocycles. The molecule has 0 heterocycles. The molecule has 0 aliphatic carbocycles. The molecule has 0 spiro atoms. The molecule has 4 heteroatoms. The van der Waals surface area contributed by atoms with E-state index in [-0.39, 0.29) is 5.82 Å². The van der Waals surface area contributed by atoms with Crippen LogP contribution in [0.3, 0.4) is 0 Å². The van der Waals surface area contributed by atoms with Gasteiger partial charge in [0.25, 0.3) is 0 Å². The van der Waals surface area contributed by atoms with Gasteiger partial charge < -0.3 is 10.2 Å². The summed E-state index contributed by atoms with van der Waals surface area (Å²) in [5, 5.41) is 3.86. The lowest BCUT2D eigenvalue weighted by Crippen LogP contribution is -2.19. The van der Waals surface area contributed by atoms with Crippen LogP contribution in [0, 0.1) is 5.82 Å². The molecule has 0 fully saturated rings. The predicted octanol–water partition coefficient (Wildman–Crippen LogP) is 3.83. The van der Waals surface area contributed by atoms with Crippen molar-refractivity contribution < 1.29 is 4.39 Å². The number of hydrogen-bond acceptors (Lipinski definition) is 2. The number of benzene rings is 2. The molecule has 0 saturated carbocycles. The van der Waals surface area contributed by atoms with Crippen molar-refractivity contribution >= 4 is 17.3 Å². The van der Waals surface area contributed by atoms with Crippen molar-refractivity contribution in [1.82, 2.24) is 5.32 Å². The van der Waals surface area contributed by atoms with E-state index in [0.29, 0.717) is 11.6 Å². The van der Waals surface area contributed by atoms with Gasteiger partial charge in [-0.1, -0.05) is 29.8 Å². The molecule has 106 valence electrons. The molecular formula is C16H18ClFN2. The van der Waals surface area contributed by atoms with Gasteiger partial charge in [-0.25, -0.2) is 4.39 Å². The summed E-state index contributed by atoms with van der Waals surface area (Å²) in [7, 11) is 3.92. The molecule has 2 aromatic rings. The van der Waals surface area contributed by atoms with Gasteiger partial charge in [0.05, 0.1) is 0 Å². The lowest BCUT2D eigenvalue weighted by Gasteiger charge is -2.23. The Labute approximate surface area is 124 Å². The van der Waals surface area contributed by atoms with Gasteiger partial charge in [0.15, 0.2) is 0 Å². The summed E-state index contributed by atoms with van der Waals surface area (Å²) in [6.45, 7) is 1.48. The summed E-state index contributed by atoms with van der Waals surface area (Å²) in [4.78, 5) is 2.12. The molecule has 2 rings (SSSR count). The van der Waals surface area contributed by atoms with E-state index in [4.69, 9.17) is 11.6 Å². The van der Waals surface area contributed by atoms with Crippen molar-refractivity contribution in [3.8, 4) is 0 Å². The second-order valence-corrected chi connectivity index (χ2v) is 5.22. The highest BCUT2D eigenvalue weighted by molar-refractivity contribution is 6.30. The summed E-state index contributed by atoms with van der Waals surface area (Å²) in [5.74, 6) is -0.213. The van der Waals surface area contributed by atoms with Crippen LogP contribution in [-0.2, 0) is 13.1 Å². The van der Waals surface area contributed by atoms with Crippen LogP contribution in [0.25, 0.3) is 0 Å². The van der Waals surface area contributed by atoms with Crippen LogP contribution in [0.4, 0.5) is 10.1 Å². The van der Waals surface area contributed by atoms with Gasteiger partial charge in [0, 0.05) is 30.8 Å². The van der Waals surface area contributed by atoms with E-state index < -0.39 is 0 Å². The van der Waals surface area contributed by atoms with Crippen LogP contribution in [0.2, 0.25) is 5.02 Å². The Balaban J connectivity index is 2.21. The second-order valence-electron chi connectivity index (χ2n) is 4.79. The first-order valence-corrected chi connectivity index (χ1v) is 6.86. The summed E-state index contributed by atoms with van der Waals surface area (Å²) in [5.41, 5.74) is 3.32. The maximum absolute atomic E-state index is 12.9. The van der Waals surface area contributed by atoms with E-state index in [1.54, 1.807) is 12.1 Å². The van der Waals surface area contributed by atoms with Gasteiger partial charge in [-0.2, -0.15) is 0 Å². The maximum Gasteiger partial charge on any atom is 0.123 e. The Hall–Kier alpha value is -1.58. The first kappa shape index (κ1) is 14.8. The minimum atomic E-state index is -0.213. The van der Waals surface area contributed by atoms with Gasteiger partial charge in [-0.05, 0) is 42.4 Å². The SMILES string of the molecule is CNCc1ccc(Cl)cc1N(C)Cc1ccc(F)cc1. The van der Waals surface area contributed by atoms with Crippen LogP contribution < -0.4 is 10.2 Å². The van der Waals surface area contributed by atoms with Crippen molar-refractivity contribution in [2.24, 2.45) is 0 Å². The number of nitrogens with zero attached hydrogens (tertiary/aromatic N) is 1. The number of rotatable bonds is 5. The van der Waals surface area contributed by atoms with Gasteiger partial charge >= 0.3 is 0 Å². The van der Waals surface area contributed by atoms with Crippen LogP contribution in [-0.4, -0.2) is 14.1 Å². The topological polar surface area (TPSA) is 15.3 Å². The molecule has 0 saturated heterocycles. The summed E-state index contributed by atoms with van der Waals surface area (Å²) < 4.78 is 12.9. The average molecular weight is 293 g/mol. The molecule has 2 nitrogen and oxygen atoms in total. The Bertz CT molecular complexity index is 569. The Kier molecular flexibility index (Phi) is 4.99. The zero-order valence-electron chi connectivity index (χ0n) is 11.7. The van der Waals surface area contributed by atoms with Gasteiger partial charge in [0.2, 0.25) is 0 Å². The summed E-state index contributed by atoms with van der Waals surface area (Å²) in [6, 6.07) is 12.4. The van der Waals surface area contributed by atoms with E-state index in [1.807, 2.05) is 32.3 Å². The third-order valence-corrected chi connectivity index (χ3v) is 3.39. The van der Waals surface area contributed by atoms with Crippen LogP contribution in [0.1, 0.15) is 11.1 Å². The van der Waals surface area contributed by atoms with Gasteiger partial charge in [0.1, 0.15) is 5.82 Å².